The van der Waals surface area contributed by atoms with Crippen LogP contribution in [-0.4, -0.2) is 50.5 Å². The van der Waals surface area contributed by atoms with Crippen molar-refractivity contribution in [2.24, 2.45) is 5.92 Å². The van der Waals surface area contributed by atoms with Crippen LogP contribution in [0, 0.1) is 5.92 Å². The Morgan fingerprint density at radius 3 is 2.65 bits per heavy atom. The van der Waals surface area contributed by atoms with E-state index in [2.05, 4.69) is 28.8 Å². The lowest BCUT2D eigenvalue weighted by Crippen LogP contribution is -2.35. The molecule has 8 nitrogen and oxygen atoms in total. The molecule has 0 fully saturated rings. The van der Waals surface area contributed by atoms with Gasteiger partial charge in [-0.05, 0) is 50.0 Å². The molecule has 0 aliphatic heterocycles. The Morgan fingerprint density at radius 2 is 1.94 bits per heavy atom. The van der Waals surface area contributed by atoms with Crippen molar-refractivity contribution in [3.05, 3.63) is 58.6 Å². The molecule has 2 aromatic rings. The summed E-state index contributed by atoms with van der Waals surface area (Å²) in [4.78, 5) is 15.4. The summed E-state index contributed by atoms with van der Waals surface area (Å²) >= 11 is 0. The molecule has 9 heteroatoms. The number of phenols is 1. The van der Waals surface area contributed by atoms with Crippen LogP contribution in [0.15, 0.2) is 53.1 Å². The van der Waals surface area contributed by atoms with Crippen LogP contribution in [-0.2, 0) is 10.0 Å². The van der Waals surface area contributed by atoms with Gasteiger partial charge in [0, 0.05) is 23.5 Å². The smallest absolute Gasteiger partial charge is 0.259 e. The summed E-state index contributed by atoms with van der Waals surface area (Å²) in [5.41, 5.74) is 6.46. The molecule has 1 aliphatic carbocycles. The molecule has 1 unspecified atom stereocenters. The van der Waals surface area contributed by atoms with Gasteiger partial charge < -0.3 is 21.1 Å². The second-order valence-corrected chi connectivity index (χ2v) is 10.2. The molecule has 184 valence electrons. The molecule has 0 saturated carbocycles. The quantitative estimate of drug-likeness (QED) is 0.232. The Labute approximate surface area is 201 Å². The topological polar surface area (TPSA) is 125 Å². The number of benzene rings is 2. The van der Waals surface area contributed by atoms with Gasteiger partial charge in [0.05, 0.1) is 11.3 Å². The summed E-state index contributed by atoms with van der Waals surface area (Å²) in [5.74, 6) is -1.16. The van der Waals surface area contributed by atoms with Crippen molar-refractivity contribution < 1.29 is 18.3 Å². The fourth-order valence-corrected chi connectivity index (χ4v) is 5.49. The molecule has 1 aliphatic rings. The van der Waals surface area contributed by atoms with E-state index in [9.17, 15) is 18.3 Å². The zero-order valence-electron chi connectivity index (χ0n) is 20.0. The van der Waals surface area contributed by atoms with E-state index in [0.29, 0.717) is 35.9 Å². The molecule has 1 amide bonds. The number of nitrogens with two attached hydrogens (primary N) is 1. The first-order valence-corrected chi connectivity index (χ1v) is 13.1. The highest BCUT2D eigenvalue weighted by molar-refractivity contribution is 7.93. The van der Waals surface area contributed by atoms with Crippen LogP contribution in [0.5, 0.6) is 5.75 Å². The number of allylic oxidation sites excluding steroid dienone is 3. The van der Waals surface area contributed by atoms with Gasteiger partial charge in [0.2, 0.25) is 10.0 Å². The van der Waals surface area contributed by atoms with E-state index in [0.717, 1.165) is 19.6 Å². The molecule has 0 bridgehead atoms. The summed E-state index contributed by atoms with van der Waals surface area (Å²) < 4.78 is 28.8. The van der Waals surface area contributed by atoms with Crippen LogP contribution in [0.2, 0.25) is 0 Å². The van der Waals surface area contributed by atoms with Crippen LogP contribution >= 0.6 is 0 Å². The van der Waals surface area contributed by atoms with Crippen LogP contribution in [0.25, 0.3) is 10.8 Å². The summed E-state index contributed by atoms with van der Waals surface area (Å²) in [6.45, 7) is 8.92. The van der Waals surface area contributed by atoms with Gasteiger partial charge >= 0.3 is 0 Å². The Morgan fingerprint density at radius 1 is 1.24 bits per heavy atom. The number of carbonyl (C=O) groups is 1. The van der Waals surface area contributed by atoms with Gasteiger partial charge in [-0.3, -0.25) is 4.79 Å². The number of hydrogen-bond donors (Lipinski definition) is 4. The molecule has 5 N–H and O–H groups in total. The third-order valence-electron chi connectivity index (χ3n) is 6.20. The lowest BCUT2D eigenvalue weighted by molar-refractivity contribution is 0.0959. The highest BCUT2D eigenvalue weighted by Gasteiger charge is 2.28. The third-order valence-corrected chi connectivity index (χ3v) is 7.72. The minimum Gasteiger partial charge on any atom is -0.505 e. The van der Waals surface area contributed by atoms with E-state index >= 15 is 0 Å². The fourth-order valence-electron chi connectivity index (χ4n) is 4.10. The van der Waals surface area contributed by atoms with E-state index in [-0.39, 0.29) is 27.8 Å². The van der Waals surface area contributed by atoms with E-state index < -0.39 is 15.9 Å². The van der Waals surface area contributed by atoms with Crippen molar-refractivity contribution in [2.45, 2.75) is 33.6 Å². The van der Waals surface area contributed by atoms with Gasteiger partial charge in [0.1, 0.15) is 4.91 Å². The van der Waals surface area contributed by atoms with Crippen molar-refractivity contribution in [3.63, 3.8) is 0 Å². The number of carbonyl (C=O) groups excluding carboxylic acids is 1. The average molecular weight is 487 g/mol. The number of fused-ring (bicyclic) bond motifs is 1. The summed E-state index contributed by atoms with van der Waals surface area (Å²) in [7, 11) is -3.84. The first kappa shape index (κ1) is 25.7. The zero-order valence-corrected chi connectivity index (χ0v) is 20.8. The van der Waals surface area contributed by atoms with Crippen molar-refractivity contribution in [3.8, 4) is 5.75 Å². The lowest BCUT2D eigenvalue weighted by Gasteiger charge is -2.24. The molecule has 0 heterocycles. The van der Waals surface area contributed by atoms with Crippen molar-refractivity contribution >= 4 is 32.4 Å². The standard InChI is InChI=1S/C25H34N4O4S/c1-4-29(5-2)15-9-14-27-34(32,33)21-13-8-10-17(3)23(21)28-25(31)20-16-18-11-6-7-12-19(18)22(26)24(20)30/h6-8,11-13,16-17,27,30H,4-5,9-10,14-15,26H2,1-3H3,(H,28,31). The van der Waals surface area contributed by atoms with Crippen molar-refractivity contribution in [1.82, 2.24) is 14.9 Å². The maximum Gasteiger partial charge on any atom is 0.259 e. The Bertz CT molecular complexity index is 1220. The molecule has 0 spiro atoms. The predicted molar refractivity (Wildman–Crippen MR) is 137 cm³/mol. The van der Waals surface area contributed by atoms with E-state index in [1.54, 1.807) is 30.3 Å². The maximum atomic E-state index is 13.1. The van der Waals surface area contributed by atoms with Gasteiger partial charge in [-0.2, -0.15) is 0 Å². The minimum atomic E-state index is -3.84. The number of rotatable bonds is 10. The SMILES string of the molecule is CCN(CC)CCCNS(=O)(=O)C1=C(NC(=O)c2cc3ccccc3c(N)c2O)C(C)CC=C1. The van der Waals surface area contributed by atoms with E-state index in [1.165, 1.54) is 6.08 Å². The Balaban J connectivity index is 1.85. The molecule has 0 saturated heterocycles. The second-order valence-electron chi connectivity index (χ2n) is 8.46. The van der Waals surface area contributed by atoms with Crippen LogP contribution < -0.4 is 15.8 Å². The van der Waals surface area contributed by atoms with Gasteiger partial charge in [0.15, 0.2) is 5.75 Å². The number of nitrogen functional groups attached to an aromatic ring is 1. The monoisotopic (exact) mass is 486 g/mol. The summed E-state index contributed by atoms with van der Waals surface area (Å²) in [5, 5.41) is 14.7. The van der Waals surface area contributed by atoms with Crippen LogP contribution in [0.3, 0.4) is 0 Å². The molecule has 1 atom stereocenters. The maximum absolute atomic E-state index is 13.1. The Kier molecular flexibility index (Phi) is 8.35. The van der Waals surface area contributed by atoms with Crippen LogP contribution in [0.4, 0.5) is 5.69 Å². The van der Waals surface area contributed by atoms with Gasteiger partial charge in [-0.25, -0.2) is 13.1 Å². The largest absolute Gasteiger partial charge is 0.505 e. The highest BCUT2D eigenvalue weighted by atomic mass is 32.2. The normalized spacial score (nSPS) is 16.4. The molecule has 2 aromatic carbocycles. The number of nitrogens with zero attached hydrogens (tertiary/aromatic N) is 1. The molecule has 34 heavy (non-hydrogen) atoms. The average Bonchev–Trinajstić information content (AvgIpc) is 2.82. The van der Waals surface area contributed by atoms with Crippen molar-refractivity contribution in [2.75, 3.05) is 31.9 Å². The van der Waals surface area contributed by atoms with Gasteiger partial charge in [-0.15, -0.1) is 0 Å². The Hall–Kier alpha value is -2.88. The number of sulfonamides is 1. The first-order valence-electron chi connectivity index (χ1n) is 11.6. The summed E-state index contributed by atoms with van der Waals surface area (Å²) in [6.07, 6.45) is 4.58. The van der Waals surface area contributed by atoms with E-state index in [1.807, 2.05) is 13.0 Å². The highest BCUT2D eigenvalue weighted by Crippen LogP contribution is 2.34. The second kappa shape index (κ2) is 11.0. The summed E-state index contributed by atoms with van der Waals surface area (Å²) in [6, 6.07) is 8.72. The number of anilines is 1. The molecule has 0 aromatic heterocycles. The number of nitrogens with one attached hydrogen (secondary N) is 2. The van der Waals surface area contributed by atoms with E-state index in [4.69, 9.17) is 5.73 Å². The molecular formula is C25H34N4O4S. The first-order chi connectivity index (χ1) is 16.2. The predicted octanol–water partition coefficient (Wildman–Crippen LogP) is 3.32. The fraction of sp³-hybridized carbons (Fsp3) is 0.400. The number of phenolic OH excluding ortho intramolecular Hbond substituents is 1. The van der Waals surface area contributed by atoms with Crippen LogP contribution in [0.1, 0.15) is 44.0 Å². The number of hydrogen-bond acceptors (Lipinski definition) is 6. The van der Waals surface area contributed by atoms with Crippen molar-refractivity contribution in [1.29, 1.82) is 0 Å². The third kappa shape index (κ3) is 5.60. The zero-order chi connectivity index (χ0) is 24.9. The number of aromatic hydroxyl groups is 1. The molecule has 0 radical (unpaired) electrons. The number of amides is 1. The lowest BCUT2D eigenvalue weighted by atomic mass is 9.98. The molecule has 3 rings (SSSR count). The van der Waals surface area contributed by atoms with Gasteiger partial charge in [-0.1, -0.05) is 51.1 Å². The van der Waals surface area contributed by atoms with Gasteiger partial charge in [0.25, 0.3) is 5.91 Å². The molecular weight excluding hydrogens is 452 g/mol. The minimum absolute atomic E-state index is 0.00520.